The highest BCUT2D eigenvalue weighted by Gasteiger charge is 2.32. The van der Waals surface area contributed by atoms with Gasteiger partial charge in [-0.2, -0.15) is 0 Å². The molecule has 0 N–H and O–H groups in total. The number of methoxy groups -OCH3 is 1. The van der Waals surface area contributed by atoms with Crippen LogP contribution in [0.15, 0.2) is 60.4 Å². The van der Waals surface area contributed by atoms with Crippen molar-refractivity contribution >= 4 is 22.5 Å². The van der Waals surface area contributed by atoms with Crippen LogP contribution in [0, 0.1) is 5.92 Å². The third-order valence-electron chi connectivity index (χ3n) is 4.13. The van der Waals surface area contributed by atoms with Gasteiger partial charge in [-0.3, -0.25) is 0 Å². The molecule has 0 aromatic heterocycles. The molecule has 0 heterocycles. The van der Waals surface area contributed by atoms with E-state index < -0.39 is 0 Å². The van der Waals surface area contributed by atoms with Crippen LogP contribution in [0.3, 0.4) is 0 Å². The first-order valence-electron chi connectivity index (χ1n) is 7.75. The molecule has 1 aliphatic rings. The van der Waals surface area contributed by atoms with Crippen molar-refractivity contribution in [3.63, 3.8) is 0 Å². The molecule has 1 fully saturated rings. The summed E-state index contributed by atoms with van der Waals surface area (Å²) in [5.41, 5.74) is 1.47. The van der Waals surface area contributed by atoms with Crippen molar-refractivity contribution in [1.82, 2.24) is 0 Å². The van der Waals surface area contributed by atoms with Crippen LogP contribution >= 0.6 is 0 Å². The Morgan fingerprint density at radius 1 is 1.13 bits per heavy atom. The Morgan fingerprint density at radius 3 is 2.52 bits per heavy atom. The summed E-state index contributed by atoms with van der Waals surface area (Å²) in [5, 5.41) is 2.22. The Bertz CT molecular complexity index is 792. The molecule has 3 nitrogen and oxygen atoms in total. The molecule has 23 heavy (non-hydrogen) atoms. The molecule has 0 spiro atoms. The molecule has 3 rings (SSSR count). The number of rotatable bonds is 5. The quantitative estimate of drug-likeness (QED) is 0.457. The van der Waals surface area contributed by atoms with Crippen molar-refractivity contribution in [2.45, 2.75) is 19.8 Å². The van der Waals surface area contributed by atoms with Gasteiger partial charge in [0.2, 0.25) is 0 Å². The van der Waals surface area contributed by atoms with E-state index in [4.69, 9.17) is 9.47 Å². The normalized spacial score (nSPS) is 15.0. The predicted molar refractivity (Wildman–Crippen MR) is 91.5 cm³/mol. The molecule has 2 aromatic rings. The number of ether oxygens (including phenoxy) is 2. The minimum absolute atomic E-state index is 0.292. The van der Waals surface area contributed by atoms with E-state index in [1.807, 2.05) is 30.3 Å². The van der Waals surface area contributed by atoms with Gasteiger partial charge in [0.15, 0.2) is 0 Å². The average Bonchev–Trinajstić information content (AvgIpc) is 3.42. The van der Waals surface area contributed by atoms with Crippen LogP contribution in [0.4, 0.5) is 0 Å². The molecule has 0 unspecified atom stereocenters. The van der Waals surface area contributed by atoms with Crippen molar-refractivity contribution < 1.29 is 14.3 Å². The van der Waals surface area contributed by atoms with Gasteiger partial charge < -0.3 is 9.47 Å². The summed E-state index contributed by atoms with van der Waals surface area (Å²) < 4.78 is 10.9. The minimum atomic E-state index is -0.349. The first kappa shape index (κ1) is 15.3. The van der Waals surface area contributed by atoms with E-state index in [2.05, 4.69) is 18.7 Å². The molecule has 0 radical (unpaired) electrons. The Labute approximate surface area is 136 Å². The largest absolute Gasteiger partial charge is 0.466 e. The standard InChI is InChI=1S/C20H20O3/c1-13(20(21)22-3)19(16-11-12-16)23-14(2)17-10-6-8-15-7-4-5-9-18(15)17/h4-10,16H,2,11-12H2,1,3H3. The molecular formula is C20H20O3. The highest BCUT2D eigenvalue weighted by atomic mass is 16.5. The number of hydrogen-bond donors (Lipinski definition) is 0. The van der Waals surface area contributed by atoms with E-state index in [1.54, 1.807) is 6.92 Å². The summed E-state index contributed by atoms with van der Waals surface area (Å²) >= 11 is 0. The van der Waals surface area contributed by atoms with Crippen molar-refractivity contribution in [2.24, 2.45) is 5.92 Å². The summed E-state index contributed by atoms with van der Waals surface area (Å²) in [6.45, 7) is 5.83. The van der Waals surface area contributed by atoms with Gasteiger partial charge in [0, 0.05) is 11.5 Å². The fourth-order valence-corrected chi connectivity index (χ4v) is 2.72. The first-order valence-corrected chi connectivity index (χ1v) is 7.75. The molecule has 2 aromatic carbocycles. The lowest BCUT2D eigenvalue weighted by Crippen LogP contribution is -2.08. The maximum Gasteiger partial charge on any atom is 0.336 e. The zero-order chi connectivity index (χ0) is 16.4. The summed E-state index contributed by atoms with van der Waals surface area (Å²) in [4.78, 5) is 11.8. The van der Waals surface area contributed by atoms with Gasteiger partial charge in [-0.15, -0.1) is 0 Å². The maximum absolute atomic E-state index is 11.8. The summed E-state index contributed by atoms with van der Waals surface area (Å²) in [6.07, 6.45) is 2.07. The fraction of sp³-hybridized carbons (Fsp3) is 0.250. The van der Waals surface area contributed by atoms with Crippen molar-refractivity contribution in [3.8, 4) is 0 Å². The Morgan fingerprint density at radius 2 is 1.83 bits per heavy atom. The fourth-order valence-electron chi connectivity index (χ4n) is 2.72. The summed E-state index contributed by atoms with van der Waals surface area (Å²) in [5.74, 6) is 1.19. The Kier molecular flexibility index (Phi) is 4.20. The number of benzene rings is 2. The molecule has 1 saturated carbocycles. The van der Waals surface area contributed by atoms with Crippen LogP contribution < -0.4 is 0 Å². The predicted octanol–water partition coefficient (Wildman–Crippen LogP) is 4.68. The molecule has 0 aliphatic heterocycles. The number of hydrogen-bond acceptors (Lipinski definition) is 3. The molecule has 3 heteroatoms. The van der Waals surface area contributed by atoms with Gasteiger partial charge in [0.25, 0.3) is 0 Å². The molecule has 118 valence electrons. The summed E-state index contributed by atoms with van der Waals surface area (Å²) in [7, 11) is 1.38. The molecule has 0 amide bonds. The van der Waals surface area contributed by atoms with Gasteiger partial charge in [-0.25, -0.2) is 4.79 Å². The highest BCUT2D eigenvalue weighted by molar-refractivity contribution is 5.93. The van der Waals surface area contributed by atoms with E-state index in [0.29, 0.717) is 23.0 Å². The Hall–Kier alpha value is -2.55. The second-order valence-electron chi connectivity index (χ2n) is 5.81. The second kappa shape index (κ2) is 6.29. The second-order valence-corrected chi connectivity index (χ2v) is 5.81. The third kappa shape index (κ3) is 3.14. The first-order chi connectivity index (χ1) is 11.1. The SMILES string of the molecule is C=C(OC(=C(C)C(=O)OC)C1CC1)c1cccc2ccccc12. The monoisotopic (exact) mass is 308 g/mol. The van der Waals surface area contributed by atoms with Gasteiger partial charge in [-0.1, -0.05) is 49.0 Å². The Balaban J connectivity index is 1.94. The van der Waals surface area contributed by atoms with E-state index in [-0.39, 0.29) is 5.97 Å². The smallest absolute Gasteiger partial charge is 0.336 e. The summed E-state index contributed by atoms with van der Waals surface area (Å²) in [6, 6.07) is 14.1. The highest BCUT2D eigenvalue weighted by Crippen LogP contribution is 2.41. The van der Waals surface area contributed by atoms with Crippen LogP contribution in [0.25, 0.3) is 16.5 Å². The van der Waals surface area contributed by atoms with E-state index >= 15 is 0 Å². The van der Waals surface area contributed by atoms with Crippen LogP contribution in [0.1, 0.15) is 25.3 Å². The van der Waals surface area contributed by atoms with Crippen molar-refractivity contribution in [1.29, 1.82) is 0 Å². The van der Waals surface area contributed by atoms with E-state index in [1.165, 1.54) is 7.11 Å². The molecular weight excluding hydrogens is 288 g/mol. The van der Waals surface area contributed by atoms with Crippen molar-refractivity contribution in [2.75, 3.05) is 7.11 Å². The van der Waals surface area contributed by atoms with Crippen LogP contribution in [-0.2, 0) is 14.3 Å². The van der Waals surface area contributed by atoms with Crippen LogP contribution in [-0.4, -0.2) is 13.1 Å². The topological polar surface area (TPSA) is 35.5 Å². The lowest BCUT2D eigenvalue weighted by molar-refractivity contribution is -0.136. The van der Waals surface area contributed by atoms with Gasteiger partial charge in [-0.05, 0) is 30.5 Å². The average molecular weight is 308 g/mol. The van der Waals surface area contributed by atoms with Gasteiger partial charge >= 0.3 is 5.97 Å². The number of esters is 1. The van der Waals surface area contributed by atoms with E-state index in [9.17, 15) is 4.79 Å². The molecule has 0 saturated heterocycles. The molecule has 0 atom stereocenters. The van der Waals surface area contributed by atoms with Crippen LogP contribution in [0.5, 0.6) is 0 Å². The van der Waals surface area contributed by atoms with E-state index in [0.717, 1.165) is 29.2 Å². The van der Waals surface area contributed by atoms with Crippen molar-refractivity contribution in [3.05, 3.63) is 65.9 Å². The van der Waals surface area contributed by atoms with Crippen LogP contribution in [0.2, 0.25) is 0 Å². The zero-order valence-corrected chi connectivity index (χ0v) is 13.5. The number of fused-ring (bicyclic) bond motifs is 1. The lowest BCUT2D eigenvalue weighted by atomic mass is 10.0. The maximum atomic E-state index is 11.8. The number of carbonyl (C=O) groups is 1. The van der Waals surface area contributed by atoms with Gasteiger partial charge in [0.05, 0.1) is 12.7 Å². The molecule has 0 bridgehead atoms. The zero-order valence-electron chi connectivity index (χ0n) is 13.5. The third-order valence-corrected chi connectivity index (χ3v) is 4.13. The minimum Gasteiger partial charge on any atom is -0.466 e. The lowest BCUT2D eigenvalue weighted by Gasteiger charge is -2.16. The number of allylic oxidation sites excluding steroid dienone is 1. The van der Waals surface area contributed by atoms with Gasteiger partial charge in [0.1, 0.15) is 11.5 Å². The molecule has 1 aliphatic carbocycles. The number of carbonyl (C=O) groups excluding carboxylic acids is 1.